The molecule has 0 aromatic heterocycles. The third-order valence-corrected chi connectivity index (χ3v) is 2.84. The monoisotopic (exact) mass is 261 g/mol. The molecule has 0 radical (unpaired) electrons. The minimum atomic E-state index is -1.45. The minimum absolute atomic E-state index is 0.100. The second kappa shape index (κ2) is 6.75. The van der Waals surface area contributed by atoms with Crippen LogP contribution in [0.3, 0.4) is 0 Å². The summed E-state index contributed by atoms with van der Waals surface area (Å²) in [4.78, 5) is 0. The van der Waals surface area contributed by atoms with E-state index in [4.69, 9.17) is 5.11 Å². The molecule has 0 aliphatic rings. The van der Waals surface area contributed by atoms with Crippen LogP contribution in [0.1, 0.15) is 38.3 Å². The second-order valence-corrected chi connectivity index (χ2v) is 4.45. The van der Waals surface area contributed by atoms with Gasteiger partial charge in [0.1, 0.15) is 0 Å². The molecule has 2 nitrogen and oxygen atoms in total. The van der Waals surface area contributed by atoms with Crippen LogP contribution < -0.4 is 5.32 Å². The number of aliphatic hydroxyl groups is 1. The maximum atomic E-state index is 13.1. The summed E-state index contributed by atoms with van der Waals surface area (Å²) in [5, 5.41) is 11.8. The average Bonchev–Trinajstić information content (AvgIpc) is 2.32. The molecule has 0 saturated carbocycles. The molecule has 0 bridgehead atoms. The van der Waals surface area contributed by atoms with Crippen LogP contribution in [0, 0.1) is 17.5 Å². The Bertz CT molecular complexity index is 375. The van der Waals surface area contributed by atoms with Crippen LogP contribution in [0.15, 0.2) is 12.1 Å². The highest BCUT2D eigenvalue weighted by atomic mass is 19.2. The Morgan fingerprint density at radius 1 is 1.17 bits per heavy atom. The van der Waals surface area contributed by atoms with Crippen LogP contribution in [-0.2, 0) is 0 Å². The maximum Gasteiger partial charge on any atom is 0.194 e. The summed E-state index contributed by atoms with van der Waals surface area (Å²) in [7, 11) is 0. The Morgan fingerprint density at radius 2 is 1.72 bits per heavy atom. The summed E-state index contributed by atoms with van der Waals surface area (Å²) in [6.07, 6.45) is 1.42. The van der Waals surface area contributed by atoms with Gasteiger partial charge in [0.2, 0.25) is 0 Å². The summed E-state index contributed by atoms with van der Waals surface area (Å²) in [5.74, 6) is -3.80. The molecule has 0 spiro atoms. The van der Waals surface area contributed by atoms with E-state index < -0.39 is 17.5 Å². The maximum absolute atomic E-state index is 13.1. The first-order valence-electron chi connectivity index (χ1n) is 5.97. The van der Waals surface area contributed by atoms with Gasteiger partial charge in [-0.3, -0.25) is 0 Å². The van der Waals surface area contributed by atoms with Gasteiger partial charge in [0.25, 0.3) is 0 Å². The predicted octanol–water partition coefficient (Wildman–Crippen LogP) is 2.92. The smallest absolute Gasteiger partial charge is 0.194 e. The summed E-state index contributed by atoms with van der Waals surface area (Å²) < 4.78 is 38.9. The molecule has 0 aliphatic heterocycles. The van der Waals surface area contributed by atoms with E-state index in [1.54, 1.807) is 6.92 Å². The van der Waals surface area contributed by atoms with Gasteiger partial charge in [0.05, 0.1) is 0 Å². The lowest BCUT2D eigenvalue weighted by atomic mass is 10.1. The van der Waals surface area contributed by atoms with Crippen molar-refractivity contribution in [1.82, 2.24) is 5.32 Å². The molecule has 5 heteroatoms. The molecule has 18 heavy (non-hydrogen) atoms. The molecule has 2 atom stereocenters. The predicted molar refractivity (Wildman–Crippen MR) is 63.6 cm³/mol. The molecule has 0 saturated heterocycles. The van der Waals surface area contributed by atoms with E-state index in [0.717, 1.165) is 18.6 Å². The fourth-order valence-electron chi connectivity index (χ4n) is 1.83. The topological polar surface area (TPSA) is 32.3 Å². The Labute approximate surface area is 105 Å². The van der Waals surface area contributed by atoms with Gasteiger partial charge < -0.3 is 10.4 Å². The van der Waals surface area contributed by atoms with Crippen LogP contribution in [0.4, 0.5) is 13.2 Å². The lowest BCUT2D eigenvalue weighted by molar-refractivity contribution is 0.274. The highest BCUT2D eigenvalue weighted by molar-refractivity contribution is 5.22. The van der Waals surface area contributed by atoms with E-state index in [0.29, 0.717) is 12.0 Å². The molecular weight excluding hydrogens is 243 g/mol. The third kappa shape index (κ3) is 3.99. The van der Waals surface area contributed by atoms with Crippen molar-refractivity contribution >= 4 is 0 Å². The van der Waals surface area contributed by atoms with E-state index in [2.05, 4.69) is 5.32 Å². The van der Waals surface area contributed by atoms with E-state index >= 15 is 0 Å². The molecule has 2 N–H and O–H groups in total. The minimum Gasteiger partial charge on any atom is -0.396 e. The largest absolute Gasteiger partial charge is 0.396 e. The highest BCUT2D eigenvalue weighted by Gasteiger charge is 2.15. The molecule has 1 aromatic carbocycles. The third-order valence-electron chi connectivity index (χ3n) is 2.84. The van der Waals surface area contributed by atoms with Crippen molar-refractivity contribution in [3.8, 4) is 0 Å². The number of benzene rings is 1. The van der Waals surface area contributed by atoms with Crippen molar-refractivity contribution in [1.29, 1.82) is 0 Å². The zero-order valence-corrected chi connectivity index (χ0v) is 10.5. The van der Waals surface area contributed by atoms with Gasteiger partial charge in [0.15, 0.2) is 17.5 Å². The van der Waals surface area contributed by atoms with E-state index in [1.165, 1.54) is 0 Å². The van der Waals surface area contributed by atoms with Crippen molar-refractivity contribution in [2.75, 3.05) is 6.61 Å². The first kappa shape index (κ1) is 15.0. The second-order valence-electron chi connectivity index (χ2n) is 4.45. The van der Waals surface area contributed by atoms with Crippen molar-refractivity contribution in [2.45, 2.75) is 38.8 Å². The fourth-order valence-corrected chi connectivity index (χ4v) is 1.83. The summed E-state index contributed by atoms with van der Waals surface area (Å²) in [6, 6.07) is 1.80. The Balaban J connectivity index is 2.69. The van der Waals surface area contributed by atoms with Crippen LogP contribution in [0.2, 0.25) is 0 Å². The molecule has 0 fully saturated rings. The first-order valence-corrected chi connectivity index (χ1v) is 5.97. The van der Waals surface area contributed by atoms with Crippen LogP contribution in [0.25, 0.3) is 0 Å². The quantitative estimate of drug-likeness (QED) is 0.772. The van der Waals surface area contributed by atoms with Crippen LogP contribution in [-0.4, -0.2) is 17.8 Å². The molecule has 0 amide bonds. The molecule has 1 aromatic rings. The lowest BCUT2D eigenvalue weighted by Crippen LogP contribution is -2.29. The first-order chi connectivity index (χ1) is 8.45. The molecule has 102 valence electrons. The van der Waals surface area contributed by atoms with Gasteiger partial charge in [-0.25, -0.2) is 13.2 Å². The molecular formula is C13H18F3NO. The van der Waals surface area contributed by atoms with Crippen molar-refractivity contribution in [2.24, 2.45) is 0 Å². The Kier molecular flexibility index (Phi) is 5.62. The van der Waals surface area contributed by atoms with Gasteiger partial charge in [-0.15, -0.1) is 0 Å². The average molecular weight is 261 g/mol. The lowest BCUT2D eigenvalue weighted by Gasteiger charge is -2.20. The number of nitrogens with one attached hydrogen (secondary N) is 1. The summed E-state index contributed by atoms with van der Waals surface area (Å²) >= 11 is 0. The van der Waals surface area contributed by atoms with Crippen LogP contribution in [0.5, 0.6) is 0 Å². The zero-order chi connectivity index (χ0) is 13.7. The molecule has 0 aliphatic carbocycles. The highest BCUT2D eigenvalue weighted by Crippen LogP contribution is 2.19. The standard InChI is InChI=1S/C13H18F3NO/c1-8(4-3-5-18)17-9(2)10-6-11(14)13(16)12(15)7-10/h6-9,17-18H,3-5H2,1-2H3. The van der Waals surface area contributed by atoms with Crippen molar-refractivity contribution in [3.05, 3.63) is 35.1 Å². The fraction of sp³-hybridized carbons (Fsp3) is 0.538. The van der Waals surface area contributed by atoms with E-state index in [1.807, 2.05) is 6.92 Å². The van der Waals surface area contributed by atoms with Gasteiger partial charge in [-0.1, -0.05) is 0 Å². The summed E-state index contributed by atoms with van der Waals surface area (Å²) in [6.45, 7) is 3.78. The number of aliphatic hydroxyl groups excluding tert-OH is 1. The number of halogens is 3. The zero-order valence-electron chi connectivity index (χ0n) is 10.5. The van der Waals surface area contributed by atoms with Gasteiger partial charge in [-0.2, -0.15) is 0 Å². The number of hydrogen-bond donors (Lipinski definition) is 2. The van der Waals surface area contributed by atoms with Crippen molar-refractivity contribution in [3.63, 3.8) is 0 Å². The Morgan fingerprint density at radius 3 is 2.22 bits per heavy atom. The normalized spacial score (nSPS) is 14.6. The molecule has 1 rings (SSSR count). The molecule has 2 unspecified atom stereocenters. The molecule has 0 heterocycles. The van der Waals surface area contributed by atoms with Crippen molar-refractivity contribution < 1.29 is 18.3 Å². The SMILES string of the molecule is CC(CCCO)NC(C)c1cc(F)c(F)c(F)c1. The van der Waals surface area contributed by atoms with E-state index in [9.17, 15) is 13.2 Å². The number of hydrogen-bond acceptors (Lipinski definition) is 2. The van der Waals surface area contributed by atoms with Gasteiger partial charge in [0, 0.05) is 18.7 Å². The van der Waals surface area contributed by atoms with Gasteiger partial charge in [-0.05, 0) is 44.4 Å². The van der Waals surface area contributed by atoms with E-state index in [-0.39, 0.29) is 18.7 Å². The van der Waals surface area contributed by atoms with Gasteiger partial charge >= 0.3 is 0 Å². The Hall–Kier alpha value is -1.07. The summed E-state index contributed by atoms with van der Waals surface area (Å²) in [5.41, 5.74) is 0.363. The van der Waals surface area contributed by atoms with Crippen LogP contribution >= 0.6 is 0 Å². The number of rotatable bonds is 6.